The summed E-state index contributed by atoms with van der Waals surface area (Å²) in [4.78, 5) is 27.4. The number of H-pyrrole nitrogens is 2. The van der Waals surface area contributed by atoms with Crippen LogP contribution in [0.5, 0.6) is 0 Å². The van der Waals surface area contributed by atoms with Crippen LogP contribution in [0, 0.1) is 0 Å². The van der Waals surface area contributed by atoms with Crippen molar-refractivity contribution in [3.63, 3.8) is 0 Å². The molecule has 25 heavy (non-hydrogen) atoms. The first-order chi connectivity index (χ1) is 12.2. The van der Waals surface area contributed by atoms with Gasteiger partial charge in [0.2, 0.25) is 0 Å². The summed E-state index contributed by atoms with van der Waals surface area (Å²) < 4.78 is 0. The molecule has 128 valence electrons. The van der Waals surface area contributed by atoms with E-state index in [-0.39, 0.29) is 11.5 Å². The minimum atomic E-state index is -0.170. The fraction of sp³-hybridized carbons (Fsp3) is 0.316. The smallest absolute Gasteiger partial charge is 0.272 e. The summed E-state index contributed by atoms with van der Waals surface area (Å²) in [6, 6.07) is 9.55. The molecule has 1 aliphatic carbocycles. The van der Waals surface area contributed by atoms with Crippen LogP contribution >= 0.6 is 0 Å². The standard InChI is InChI=1S/C19H20N4O2/c24-18-13(11-12-5-1-3-7-15(12)21-18)9-10-20-19(25)17-14-6-2-4-8-16(14)22-23-17/h1,3,5,7,11H,2,4,6,8-10H2,(H,20,25)(H,21,24)(H,22,23). The van der Waals surface area contributed by atoms with Gasteiger partial charge in [0.1, 0.15) is 0 Å². The van der Waals surface area contributed by atoms with Crippen molar-refractivity contribution in [1.29, 1.82) is 0 Å². The highest BCUT2D eigenvalue weighted by Crippen LogP contribution is 2.21. The number of rotatable bonds is 4. The zero-order chi connectivity index (χ0) is 17.2. The number of nitrogens with one attached hydrogen (secondary N) is 3. The van der Waals surface area contributed by atoms with Gasteiger partial charge >= 0.3 is 0 Å². The minimum Gasteiger partial charge on any atom is -0.350 e. The van der Waals surface area contributed by atoms with E-state index in [0.717, 1.165) is 47.8 Å². The average molecular weight is 336 g/mol. The Morgan fingerprint density at radius 3 is 2.96 bits per heavy atom. The molecular formula is C19H20N4O2. The first-order valence-corrected chi connectivity index (χ1v) is 8.67. The van der Waals surface area contributed by atoms with E-state index >= 15 is 0 Å². The van der Waals surface area contributed by atoms with Gasteiger partial charge in [0, 0.05) is 28.9 Å². The molecule has 6 nitrogen and oxygen atoms in total. The lowest BCUT2D eigenvalue weighted by atomic mass is 9.96. The Hall–Kier alpha value is -2.89. The van der Waals surface area contributed by atoms with Gasteiger partial charge in [0.05, 0.1) is 0 Å². The lowest BCUT2D eigenvalue weighted by molar-refractivity contribution is 0.0948. The van der Waals surface area contributed by atoms with Crippen molar-refractivity contribution in [1.82, 2.24) is 20.5 Å². The van der Waals surface area contributed by atoms with Gasteiger partial charge in [0.25, 0.3) is 11.5 Å². The van der Waals surface area contributed by atoms with Crippen LogP contribution in [0.2, 0.25) is 0 Å². The van der Waals surface area contributed by atoms with Crippen molar-refractivity contribution >= 4 is 16.8 Å². The van der Waals surface area contributed by atoms with Gasteiger partial charge in [-0.3, -0.25) is 14.7 Å². The molecule has 2 aromatic heterocycles. The summed E-state index contributed by atoms with van der Waals surface area (Å²) >= 11 is 0. The molecule has 3 aromatic rings. The molecule has 0 radical (unpaired) electrons. The molecule has 1 amide bonds. The molecule has 0 saturated heterocycles. The Kier molecular flexibility index (Phi) is 4.09. The average Bonchev–Trinajstić information content (AvgIpc) is 3.06. The van der Waals surface area contributed by atoms with Gasteiger partial charge in [-0.2, -0.15) is 5.10 Å². The second-order valence-corrected chi connectivity index (χ2v) is 6.45. The quantitative estimate of drug-likeness (QED) is 0.681. The van der Waals surface area contributed by atoms with E-state index in [1.807, 2.05) is 30.3 Å². The van der Waals surface area contributed by atoms with Crippen molar-refractivity contribution in [2.45, 2.75) is 32.1 Å². The topological polar surface area (TPSA) is 90.6 Å². The third-order valence-electron chi connectivity index (χ3n) is 4.78. The molecule has 0 aliphatic heterocycles. The summed E-state index contributed by atoms with van der Waals surface area (Å²) in [5.74, 6) is -0.170. The van der Waals surface area contributed by atoms with Crippen LogP contribution in [0.25, 0.3) is 10.9 Å². The van der Waals surface area contributed by atoms with Crippen LogP contribution < -0.4 is 10.9 Å². The Labute approximate surface area is 144 Å². The number of hydrogen-bond acceptors (Lipinski definition) is 3. The van der Waals surface area contributed by atoms with E-state index in [1.165, 1.54) is 0 Å². The van der Waals surface area contributed by atoms with Crippen LogP contribution in [-0.2, 0) is 19.3 Å². The highest BCUT2D eigenvalue weighted by atomic mass is 16.2. The largest absolute Gasteiger partial charge is 0.350 e. The monoisotopic (exact) mass is 336 g/mol. The number of hydrogen-bond donors (Lipinski definition) is 3. The third kappa shape index (κ3) is 3.07. The zero-order valence-corrected chi connectivity index (χ0v) is 13.9. The number of aromatic amines is 2. The lowest BCUT2D eigenvalue weighted by Gasteiger charge is -2.11. The number of nitrogens with zero attached hydrogens (tertiary/aromatic N) is 1. The molecule has 1 aromatic carbocycles. The van der Waals surface area contributed by atoms with Crippen molar-refractivity contribution in [2.75, 3.05) is 6.54 Å². The number of benzene rings is 1. The number of carbonyl (C=O) groups excluding carboxylic acids is 1. The van der Waals surface area contributed by atoms with Crippen molar-refractivity contribution in [3.05, 3.63) is 63.2 Å². The second-order valence-electron chi connectivity index (χ2n) is 6.45. The number of aromatic nitrogens is 3. The molecule has 4 rings (SSSR count). The highest BCUT2D eigenvalue weighted by Gasteiger charge is 2.21. The molecule has 0 fully saturated rings. The number of para-hydroxylation sites is 1. The van der Waals surface area contributed by atoms with E-state index in [9.17, 15) is 9.59 Å². The molecule has 0 atom stereocenters. The maximum absolute atomic E-state index is 12.4. The maximum Gasteiger partial charge on any atom is 0.272 e. The molecule has 1 aliphatic rings. The summed E-state index contributed by atoms with van der Waals surface area (Å²) in [7, 11) is 0. The fourth-order valence-electron chi connectivity index (χ4n) is 3.44. The van der Waals surface area contributed by atoms with Crippen molar-refractivity contribution in [2.24, 2.45) is 0 Å². The summed E-state index contributed by atoms with van der Waals surface area (Å²) in [6.07, 6.45) is 4.58. The van der Waals surface area contributed by atoms with E-state index in [0.29, 0.717) is 24.2 Å². The van der Waals surface area contributed by atoms with Crippen LogP contribution in [0.3, 0.4) is 0 Å². The molecular weight excluding hydrogens is 316 g/mol. The minimum absolute atomic E-state index is 0.106. The summed E-state index contributed by atoms with van der Waals surface area (Å²) in [5.41, 5.74) is 4.02. The van der Waals surface area contributed by atoms with E-state index in [2.05, 4.69) is 20.5 Å². The predicted octanol–water partition coefficient (Wildman–Crippen LogP) is 2.10. The van der Waals surface area contributed by atoms with Gasteiger partial charge in [-0.15, -0.1) is 0 Å². The Balaban J connectivity index is 1.44. The molecule has 6 heteroatoms. The molecule has 0 unspecified atom stereocenters. The number of aryl methyl sites for hydroxylation is 1. The first kappa shape index (κ1) is 15.6. The van der Waals surface area contributed by atoms with Gasteiger partial charge in [-0.25, -0.2) is 0 Å². The summed E-state index contributed by atoms with van der Waals surface area (Å²) in [5, 5.41) is 11.0. The molecule has 0 saturated carbocycles. The second kappa shape index (κ2) is 6.55. The number of pyridine rings is 1. The summed E-state index contributed by atoms with van der Waals surface area (Å²) in [6.45, 7) is 0.405. The normalized spacial score (nSPS) is 13.6. The van der Waals surface area contributed by atoms with E-state index < -0.39 is 0 Å². The number of fused-ring (bicyclic) bond motifs is 2. The van der Waals surface area contributed by atoms with Crippen LogP contribution in [0.15, 0.2) is 35.1 Å². The van der Waals surface area contributed by atoms with Crippen LogP contribution in [0.1, 0.15) is 40.2 Å². The lowest BCUT2D eigenvalue weighted by Crippen LogP contribution is -2.28. The molecule has 0 spiro atoms. The zero-order valence-electron chi connectivity index (χ0n) is 13.9. The Morgan fingerprint density at radius 2 is 2.04 bits per heavy atom. The van der Waals surface area contributed by atoms with Gasteiger partial charge in [0.15, 0.2) is 5.69 Å². The third-order valence-corrected chi connectivity index (χ3v) is 4.78. The number of carbonyl (C=O) groups is 1. The van der Waals surface area contributed by atoms with Crippen molar-refractivity contribution in [3.8, 4) is 0 Å². The Bertz CT molecular complexity index is 986. The van der Waals surface area contributed by atoms with Crippen LogP contribution in [-0.4, -0.2) is 27.6 Å². The van der Waals surface area contributed by atoms with E-state index in [4.69, 9.17) is 0 Å². The predicted molar refractivity (Wildman–Crippen MR) is 95.8 cm³/mol. The van der Waals surface area contributed by atoms with Crippen LogP contribution in [0.4, 0.5) is 0 Å². The highest BCUT2D eigenvalue weighted by molar-refractivity contribution is 5.94. The SMILES string of the molecule is O=C(NCCc1cc2ccccc2[nH]c1=O)c1n[nH]c2c1CCCC2. The van der Waals surface area contributed by atoms with E-state index in [1.54, 1.807) is 0 Å². The molecule has 2 heterocycles. The van der Waals surface area contributed by atoms with Gasteiger partial charge < -0.3 is 10.3 Å². The van der Waals surface area contributed by atoms with Gasteiger partial charge in [-0.1, -0.05) is 18.2 Å². The first-order valence-electron chi connectivity index (χ1n) is 8.67. The fourth-order valence-corrected chi connectivity index (χ4v) is 3.44. The molecule has 3 N–H and O–H groups in total. The number of amides is 1. The Morgan fingerprint density at radius 1 is 1.20 bits per heavy atom. The van der Waals surface area contributed by atoms with Crippen molar-refractivity contribution < 1.29 is 4.79 Å². The molecule has 0 bridgehead atoms. The maximum atomic E-state index is 12.4. The van der Waals surface area contributed by atoms with Gasteiger partial charge in [-0.05, 0) is 49.6 Å².